The maximum Gasteiger partial charge on any atom is 0.334 e. The molecular formula is C13H31NO4Si2. The van der Waals surface area contributed by atoms with E-state index in [0.717, 1.165) is 25.6 Å². The van der Waals surface area contributed by atoms with Crippen LogP contribution in [0, 0.1) is 0 Å². The summed E-state index contributed by atoms with van der Waals surface area (Å²) in [5.74, 6) is -0.0796. The summed E-state index contributed by atoms with van der Waals surface area (Å²) >= 11 is 0. The van der Waals surface area contributed by atoms with Crippen molar-refractivity contribution in [1.29, 1.82) is 0 Å². The third-order valence-electron chi connectivity index (χ3n) is 3.15. The van der Waals surface area contributed by atoms with E-state index in [0.29, 0.717) is 6.42 Å². The number of hydrogen-bond donors (Lipinski definition) is 0. The van der Waals surface area contributed by atoms with E-state index in [1.165, 1.54) is 0 Å². The lowest BCUT2D eigenvalue weighted by atomic mass is 10.3. The number of rotatable bonds is 10. The molecule has 0 fully saturated rings. The first-order valence-electron chi connectivity index (χ1n) is 7.12. The quantitative estimate of drug-likeness (QED) is 0.578. The molecule has 0 aromatic heterocycles. The summed E-state index contributed by atoms with van der Waals surface area (Å²) in [7, 11) is 1.75. The summed E-state index contributed by atoms with van der Waals surface area (Å²) < 4.78 is 16.3. The van der Waals surface area contributed by atoms with Crippen LogP contribution in [0.1, 0.15) is 12.8 Å². The van der Waals surface area contributed by atoms with Gasteiger partial charge in [-0.3, -0.25) is 4.79 Å². The minimum atomic E-state index is -1.95. The van der Waals surface area contributed by atoms with Gasteiger partial charge in [0.05, 0.1) is 6.42 Å². The van der Waals surface area contributed by atoms with E-state index in [1.807, 2.05) is 26.7 Å². The van der Waals surface area contributed by atoms with Crippen molar-refractivity contribution in [2.24, 2.45) is 0 Å². The van der Waals surface area contributed by atoms with Crippen LogP contribution in [0.3, 0.4) is 0 Å². The average Bonchev–Trinajstić information content (AvgIpc) is 2.34. The van der Waals surface area contributed by atoms with Crippen molar-refractivity contribution >= 4 is 22.8 Å². The fourth-order valence-corrected chi connectivity index (χ4v) is 3.90. The predicted octanol–water partition coefficient (Wildman–Crippen LogP) is 2.44. The van der Waals surface area contributed by atoms with E-state index in [9.17, 15) is 4.79 Å². The second-order valence-corrected chi connectivity index (χ2v) is 14.3. The van der Waals surface area contributed by atoms with E-state index in [1.54, 1.807) is 14.2 Å². The van der Waals surface area contributed by atoms with Gasteiger partial charge in [-0.25, -0.2) is 0 Å². The van der Waals surface area contributed by atoms with Crippen LogP contribution in [0.25, 0.3) is 0 Å². The van der Waals surface area contributed by atoms with Crippen LogP contribution in [0.5, 0.6) is 0 Å². The van der Waals surface area contributed by atoms with Gasteiger partial charge in [-0.1, -0.05) is 0 Å². The predicted molar refractivity (Wildman–Crippen MR) is 86.6 cm³/mol. The average molecular weight is 322 g/mol. The Hall–Kier alpha value is -0.216. The van der Waals surface area contributed by atoms with Crippen LogP contribution < -0.4 is 0 Å². The Kier molecular flexibility index (Phi) is 8.84. The normalized spacial score (nSPS) is 12.8. The molecule has 0 saturated carbocycles. The molecule has 0 radical (unpaired) electrons. The molecule has 0 spiro atoms. The minimum Gasteiger partial charge on any atom is -0.520 e. The second-order valence-electron chi connectivity index (χ2n) is 6.29. The molecule has 0 aliphatic rings. The Bertz CT molecular complexity index is 291. The minimum absolute atomic E-state index is 0.0796. The van der Waals surface area contributed by atoms with Crippen molar-refractivity contribution in [2.45, 2.75) is 45.1 Å². The van der Waals surface area contributed by atoms with Crippen LogP contribution in [0.4, 0.5) is 0 Å². The largest absolute Gasteiger partial charge is 0.520 e. The Morgan fingerprint density at radius 3 is 2.05 bits per heavy atom. The second kappa shape index (κ2) is 8.94. The van der Waals surface area contributed by atoms with E-state index in [2.05, 4.69) is 11.4 Å². The van der Waals surface area contributed by atoms with Gasteiger partial charge in [0.25, 0.3) is 5.97 Å². The summed E-state index contributed by atoms with van der Waals surface area (Å²) in [6.45, 7) is 9.82. The van der Waals surface area contributed by atoms with E-state index in [4.69, 9.17) is 13.3 Å². The zero-order valence-corrected chi connectivity index (χ0v) is 16.1. The van der Waals surface area contributed by atoms with Crippen molar-refractivity contribution in [3.63, 3.8) is 0 Å². The van der Waals surface area contributed by atoms with Crippen molar-refractivity contribution in [1.82, 2.24) is 4.90 Å². The molecule has 5 nitrogen and oxygen atoms in total. The molecule has 7 heteroatoms. The highest BCUT2D eigenvalue weighted by atomic mass is 28.4. The summed E-state index contributed by atoms with van der Waals surface area (Å²) in [4.78, 5) is 13.8. The summed E-state index contributed by atoms with van der Waals surface area (Å²) in [5, 5.41) is 0. The van der Waals surface area contributed by atoms with Gasteiger partial charge in [-0.2, -0.15) is 0 Å². The van der Waals surface area contributed by atoms with Crippen LogP contribution in [-0.4, -0.2) is 62.1 Å². The molecule has 0 unspecified atom stereocenters. The molecule has 0 saturated heterocycles. The maximum atomic E-state index is 11.6. The van der Waals surface area contributed by atoms with Gasteiger partial charge in [-0.05, 0) is 52.2 Å². The number of nitrogens with zero attached hydrogens (tertiary/aromatic N) is 1. The highest BCUT2D eigenvalue weighted by molar-refractivity contribution is 6.71. The lowest BCUT2D eigenvalue weighted by Crippen LogP contribution is -2.37. The third-order valence-corrected chi connectivity index (χ3v) is 6.98. The zero-order valence-electron chi connectivity index (χ0n) is 14.1. The molecule has 120 valence electrons. The molecular weight excluding hydrogens is 290 g/mol. The van der Waals surface area contributed by atoms with Crippen molar-refractivity contribution in [3.8, 4) is 0 Å². The molecule has 0 aliphatic carbocycles. The molecule has 0 aromatic rings. The van der Waals surface area contributed by atoms with Gasteiger partial charge in [0.15, 0.2) is 0 Å². The fraction of sp³-hybridized carbons (Fsp3) is 0.923. The molecule has 0 heterocycles. The number of carbonyl (C=O) groups excluding carboxylic acids is 1. The maximum absolute atomic E-state index is 11.6. The lowest BCUT2D eigenvalue weighted by molar-refractivity contribution is -0.135. The van der Waals surface area contributed by atoms with E-state index in [-0.39, 0.29) is 5.97 Å². The van der Waals surface area contributed by atoms with Crippen molar-refractivity contribution in [3.05, 3.63) is 0 Å². The number of carbonyl (C=O) groups is 1. The smallest absolute Gasteiger partial charge is 0.334 e. The molecule has 0 amide bonds. The molecule has 0 aliphatic heterocycles. The molecule has 20 heavy (non-hydrogen) atoms. The topological polar surface area (TPSA) is 48.0 Å². The van der Waals surface area contributed by atoms with Crippen molar-refractivity contribution in [2.75, 3.05) is 34.4 Å². The first-order valence-corrected chi connectivity index (χ1v) is 13.1. The third kappa shape index (κ3) is 9.65. The van der Waals surface area contributed by atoms with E-state index >= 15 is 0 Å². The fourth-order valence-electron chi connectivity index (χ4n) is 1.74. The molecule has 0 N–H and O–H groups in total. The Labute approximate surface area is 126 Å². The molecule has 0 bridgehead atoms. The first-order chi connectivity index (χ1) is 9.12. The van der Waals surface area contributed by atoms with Gasteiger partial charge < -0.3 is 18.2 Å². The summed E-state index contributed by atoms with van der Waals surface area (Å²) in [6, 6.07) is 0.962. The van der Waals surface area contributed by atoms with Crippen LogP contribution in [-0.2, 0) is 18.1 Å². The Balaban J connectivity index is 3.85. The highest BCUT2D eigenvalue weighted by Crippen LogP contribution is 2.14. The van der Waals surface area contributed by atoms with Gasteiger partial charge in [0.2, 0.25) is 8.32 Å². The molecule has 0 atom stereocenters. The summed E-state index contributed by atoms with van der Waals surface area (Å²) in [6.07, 6.45) is 1.48. The standard InChI is InChI=1S/C13H31NO4Si2/c1-14(10-8-12-20(7,16-2)17-3)11-9-13(15)18-19(4,5)6/h8-12H2,1-7H3. The monoisotopic (exact) mass is 321 g/mol. The number of hydrogen-bond acceptors (Lipinski definition) is 5. The SMILES string of the molecule is CO[Si](C)(CCCN(C)CCC(=O)O[Si](C)(C)C)OC. The van der Waals surface area contributed by atoms with Crippen molar-refractivity contribution < 1.29 is 18.1 Å². The zero-order chi connectivity index (χ0) is 15.8. The van der Waals surface area contributed by atoms with Gasteiger partial charge in [0, 0.05) is 20.8 Å². The van der Waals surface area contributed by atoms with Gasteiger partial charge in [-0.15, -0.1) is 0 Å². The van der Waals surface area contributed by atoms with Crippen LogP contribution in [0.2, 0.25) is 32.2 Å². The highest BCUT2D eigenvalue weighted by Gasteiger charge is 2.27. The Morgan fingerprint density at radius 1 is 1.05 bits per heavy atom. The summed E-state index contributed by atoms with van der Waals surface area (Å²) in [5.41, 5.74) is 0. The molecule has 0 aromatic carbocycles. The lowest BCUT2D eigenvalue weighted by Gasteiger charge is -2.24. The van der Waals surface area contributed by atoms with Crippen LogP contribution >= 0.6 is 0 Å². The molecule has 0 rings (SSSR count). The first kappa shape index (κ1) is 19.8. The van der Waals surface area contributed by atoms with Gasteiger partial charge >= 0.3 is 8.56 Å². The van der Waals surface area contributed by atoms with Gasteiger partial charge in [0.1, 0.15) is 0 Å². The van der Waals surface area contributed by atoms with E-state index < -0.39 is 16.9 Å². The van der Waals surface area contributed by atoms with Crippen LogP contribution in [0.15, 0.2) is 0 Å². The Morgan fingerprint density at radius 2 is 1.60 bits per heavy atom.